The highest BCUT2D eigenvalue weighted by Gasteiger charge is 2.41. The molecule has 0 radical (unpaired) electrons. The first-order valence-corrected chi connectivity index (χ1v) is 12.1. The fourth-order valence-electron chi connectivity index (χ4n) is 5.47. The van der Waals surface area contributed by atoms with Crippen LogP contribution in [0.15, 0.2) is 79.0 Å². The molecule has 1 aromatic heterocycles. The molecular weight excluding hydrogens is 444 g/mol. The summed E-state index contributed by atoms with van der Waals surface area (Å²) in [5, 5.41) is 4.10. The minimum atomic E-state index is -0.745. The van der Waals surface area contributed by atoms with Crippen LogP contribution in [0, 0.1) is 11.6 Å². The number of para-hydroxylation sites is 1. The molecule has 3 aromatic carbocycles. The predicted octanol–water partition coefficient (Wildman–Crippen LogP) is 6.68. The highest BCUT2D eigenvalue weighted by atomic mass is 19.1. The number of carbonyl (C=O) groups is 1. The van der Waals surface area contributed by atoms with Crippen LogP contribution >= 0.6 is 0 Å². The molecule has 1 saturated carbocycles. The Hall–Kier alpha value is -3.67. The first-order chi connectivity index (χ1) is 17.0. The first-order valence-electron chi connectivity index (χ1n) is 12.1. The lowest BCUT2D eigenvalue weighted by Gasteiger charge is -2.36. The molecule has 0 atom stereocenters. The van der Waals surface area contributed by atoms with E-state index in [0.29, 0.717) is 13.1 Å². The van der Waals surface area contributed by atoms with Crippen LogP contribution in [0.2, 0.25) is 0 Å². The Bertz CT molecular complexity index is 1340. The van der Waals surface area contributed by atoms with Crippen molar-refractivity contribution in [1.29, 1.82) is 0 Å². The molecule has 1 fully saturated rings. The number of anilines is 1. The molecule has 35 heavy (non-hydrogen) atoms. The standard InChI is InChI=1S/C29H29F2N3O/c1-33-19-24(23-11-5-6-12-26(23)33)29(15-7-8-16-29)20-34(27-14-13-22(30)17-25(27)31)28(35)32-18-21-9-3-2-4-10-21/h2-6,9-14,17,19H,7-8,15-16,18,20H2,1H3,(H,32,35). The number of hydrogen-bond acceptors (Lipinski definition) is 1. The highest BCUT2D eigenvalue weighted by molar-refractivity contribution is 5.93. The maximum absolute atomic E-state index is 15.0. The summed E-state index contributed by atoms with van der Waals surface area (Å²) in [6.07, 6.45) is 6.01. The summed E-state index contributed by atoms with van der Waals surface area (Å²) in [6, 6.07) is 20.8. The summed E-state index contributed by atoms with van der Waals surface area (Å²) in [5.41, 5.74) is 3.01. The van der Waals surface area contributed by atoms with Gasteiger partial charge in [0.2, 0.25) is 0 Å². The number of nitrogens with one attached hydrogen (secondary N) is 1. The normalized spacial score (nSPS) is 14.8. The van der Waals surface area contributed by atoms with Crippen LogP contribution in [0.4, 0.5) is 19.3 Å². The monoisotopic (exact) mass is 473 g/mol. The zero-order chi connectivity index (χ0) is 24.4. The molecule has 1 heterocycles. The molecule has 180 valence electrons. The lowest BCUT2D eigenvalue weighted by Crippen LogP contribution is -2.47. The van der Waals surface area contributed by atoms with Crippen LogP contribution in [0.3, 0.4) is 0 Å². The van der Waals surface area contributed by atoms with Crippen molar-refractivity contribution < 1.29 is 13.6 Å². The van der Waals surface area contributed by atoms with Gasteiger partial charge in [0.1, 0.15) is 11.6 Å². The number of nitrogens with zero attached hydrogens (tertiary/aromatic N) is 2. The minimum absolute atomic E-state index is 0.0865. The number of hydrogen-bond donors (Lipinski definition) is 1. The second-order valence-electron chi connectivity index (χ2n) is 9.48. The third kappa shape index (κ3) is 4.53. The second-order valence-corrected chi connectivity index (χ2v) is 9.48. The topological polar surface area (TPSA) is 37.3 Å². The number of urea groups is 1. The largest absolute Gasteiger partial charge is 0.350 e. The summed E-state index contributed by atoms with van der Waals surface area (Å²) in [4.78, 5) is 15.0. The molecule has 0 spiro atoms. The second kappa shape index (κ2) is 9.53. The van der Waals surface area contributed by atoms with Gasteiger partial charge in [0.15, 0.2) is 0 Å². The van der Waals surface area contributed by atoms with Crippen molar-refractivity contribution in [1.82, 2.24) is 9.88 Å². The van der Waals surface area contributed by atoms with Gasteiger partial charge in [-0.15, -0.1) is 0 Å². The van der Waals surface area contributed by atoms with Crippen molar-refractivity contribution in [3.63, 3.8) is 0 Å². The average Bonchev–Trinajstić information content (AvgIpc) is 3.48. The van der Waals surface area contributed by atoms with Gasteiger partial charge < -0.3 is 9.88 Å². The van der Waals surface area contributed by atoms with Gasteiger partial charge in [0, 0.05) is 48.7 Å². The maximum Gasteiger partial charge on any atom is 0.322 e. The molecule has 0 bridgehead atoms. The van der Waals surface area contributed by atoms with E-state index in [1.165, 1.54) is 22.6 Å². The van der Waals surface area contributed by atoms with Crippen molar-refractivity contribution in [2.24, 2.45) is 7.05 Å². The predicted molar refractivity (Wildman–Crippen MR) is 135 cm³/mol. The quantitative estimate of drug-likeness (QED) is 0.333. The SMILES string of the molecule is Cn1cc(C2(CN(C(=O)NCc3ccccc3)c3ccc(F)cc3F)CCCC2)c2ccccc21. The van der Waals surface area contributed by atoms with Gasteiger partial charge in [-0.25, -0.2) is 13.6 Å². The Balaban J connectivity index is 1.53. The Morgan fingerprint density at radius 2 is 1.71 bits per heavy atom. The number of fused-ring (bicyclic) bond motifs is 1. The molecule has 2 amide bonds. The van der Waals surface area contributed by atoms with Crippen LogP contribution in [-0.4, -0.2) is 17.1 Å². The van der Waals surface area contributed by atoms with Crippen molar-refractivity contribution in [3.05, 3.63) is 102 Å². The van der Waals surface area contributed by atoms with Gasteiger partial charge >= 0.3 is 6.03 Å². The van der Waals surface area contributed by atoms with Crippen LogP contribution in [0.1, 0.15) is 36.8 Å². The van der Waals surface area contributed by atoms with Crippen LogP contribution in [0.25, 0.3) is 10.9 Å². The molecule has 5 rings (SSSR count). The third-order valence-electron chi connectivity index (χ3n) is 7.22. The molecule has 0 saturated heterocycles. The van der Waals surface area contributed by atoms with Crippen LogP contribution in [-0.2, 0) is 19.0 Å². The summed E-state index contributed by atoms with van der Waals surface area (Å²) in [5.74, 6) is -1.41. The molecule has 0 unspecified atom stereocenters. The zero-order valence-electron chi connectivity index (χ0n) is 19.8. The van der Waals surface area contributed by atoms with Gasteiger partial charge in [-0.2, -0.15) is 0 Å². The average molecular weight is 474 g/mol. The summed E-state index contributed by atoms with van der Waals surface area (Å²) in [6.45, 7) is 0.629. The van der Waals surface area contributed by atoms with Crippen molar-refractivity contribution >= 4 is 22.6 Å². The Morgan fingerprint density at radius 1 is 1.00 bits per heavy atom. The van der Waals surface area contributed by atoms with E-state index in [1.807, 2.05) is 49.5 Å². The van der Waals surface area contributed by atoms with Gasteiger partial charge in [-0.1, -0.05) is 61.4 Å². The summed E-state index contributed by atoms with van der Waals surface area (Å²) >= 11 is 0. The van der Waals surface area contributed by atoms with E-state index >= 15 is 4.39 Å². The molecule has 1 N–H and O–H groups in total. The van der Waals surface area contributed by atoms with Gasteiger partial charge in [-0.3, -0.25) is 4.90 Å². The van der Waals surface area contributed by atoms with E-state index in [0.717, 1.165) is 48.2 Å². The molecule has 1 aliphatic rings. The molecule has 4 aromatic rings. The van der Waals surface area contributed by atoms with Gasteiger partial charge in [0.05, 0.1) is 5.69 Å². The van der Waals surface area contributed by atoms with E-state index < -0.39 is 17.7 Å². The van der Waals surface area contributed by atoms with Crippen molar-refractivity contribution in [3.8, 4) is 0 Å². The van der Waals surface area contributed by atoms with E-state index in [4.69, 9.17) is 0 Å². The lowest BCUT2D eigenvalue weighted by atomic mass is 9.78. The molecular formula is C29H29F2N3O. The number of amides is 2. The number of rotatable bonds is 6. The summed E-state index contributed by atoms with van der Waals surface area (Å²) in [7, 11) is 2.03. The van der Waals surface area contributed by atoms with E-state index in [-0.39, 0.29) is 11.1 Å². The number of carbonyl (C=O) groups excluding carboxylic acids is 1. The lowest BCUT2D eigenvalue weighted by molar-refractivity contribution is 0.243. The molecule has 6 heteroatoms. The van der Waals surface area contributed by atoms with Gasteiger partial charge in [0.25, 0.3) is 0 Å². The molecule has 0 aliphatic heterocycles. The van der Waals surface area contributed by atoms with Crippen LogP contribution in [0.5, 0.6) is 0 Å². The van der Waals surface area contributed by atoms with E-state index in [9.17, 15) is 9.18 Å². The van der Waals surface area contributed by atoms with E-state index in [2.05, 4.69) is 28.2 Å². The third-order valence-corrected chi connectivity index (χ3v) is 7.22. The van der Waals surface area contributed by atoms with Crippen molar-refractivity contribution in [2.45, 2.75) is 37.6 Å². The fraction of sp³-hybridized carbons (Fsp3) is 0.276. The number of halogens is 2. The fourth-order valence-corrected chi connectivity index (χ4v) is 5.47. The highest BCUT2D eigenvalue weighted by Crippen LogP contribution is 2.45. The summed E-state index contributed by atoms with van der Waals surface area (Å²) < 4.78 is 30.9. The first kappa shape index (κ1) is 23.1. The Morgan fingerprint density at radius 3 is 2.46 bits per heavy atom. The Labute approximate surface area is 204 Å². The maximum atomic E-state index is 15.0. The Kier molecular flexibility index (Phi) is 6.29. The molecule has 1 aliphatic carbocycles. The van der Waals surface area contributed by atoms with Crippen LogP contribution < -0.4 is 10.2 Å². The number of benzene rings is 3. The number of aromatic nitrogens is 1. The van der Waals surface area contributed by atoms with Gasteiger partial charge in [-0.05, 0) is 42.2 Å². The minimum Gasteiger partial charge on any atom is -0.350 e. The van der Waals surface area contributed by atoms with E-state index in [1.54, 1.807) is 0 Å². The smallest absolute Gasteiger partial charge is 0.322 e. The molecule has 4 nitrogen and oxygen atoms in total. The zero-order valence-corrected chi connectivity index (χ0v) is 19.8. The number of aryl methyl sites for hydroxylation is 1. The van der Waals surface area contributed by atoms with Crippen molar-refractivity contribution in [2.75, 3.05) is 11.4 Å².